The smallest absolute Gasteiger partial charge is 0.338 e. The molecule has 0 aliphatic carbocycles. The molecular formula is C21H22N2O6S. The van der Waals surface area contributed by atoms with E-state index in [-0.39, 0.29) is 23.8 Å². The second-order valence-corrected chi connectivity index (χ2v) is 7.61. The number of nitrogens with zero attached hydrogens (tertiary/aromatic N) is 2. The Morgan fingerprint density at radius 1 is 1.37 bits per heavy atom. The average Bonchev–Trinajstić information content (AvgIpc) is 2.71. The highest BCUT2D eigenvalue weighted by molar-refractivity contribution is 8.14. The molecule has 1 aromatic rings. The minimum atomic E-state index is -0.740. The number of benzene rings is 1. The molecule has 0 radical (unpaired) electrons. The van der Waals surface area contributed by atoms with Gasteiger partial charge in [0.2, 0.25) is 5.91 Å². The Hall–Kier alpha value is -3.07. The van der Waals surface area contributed by atoms with Crippen molar-refractivity contribution in [1.82, 2.24) is 4.90 Å². The number of thioether (sulfide) groups is 1. The lowest BCUT2D eigenvalue weighted by Crippen LogP contribution is -2.45. The lowest BCUT2D eigenvalue weighted by molar-refractivity contribution is -0.139. The van der Waals surface area contributed by atoms with E-state index in [4.69, 9.17) is 14.2 Å². The van der Waals surface area contributed by atoms with E-state index in [0.29, 0.717) is 34.4 Å². The second-order valence-electron chi connectivity index (χ2n) is 6.55. The van der Waals surface area contributed by atoms with Gasteiger partial charge in [-0.3, -0.25) is 14.5 Å². The Labute approximate surface area is 178 Å². The van der Waals surface area contributed by atoms with E-state index in [1.54, 1.807) is 25.1 Å². The van der Waals surface area contributed by atoms with Crippen LogP contribution >= 0.6 is 11.8 Å². The minimum Gasteiger partial charge on any atom is -0.493 e. The summed E-state index contributed by atoms with van der Waals surface area (Å²) in [6.45, 7) is 6.61. The zero-order chi connectivity index (χ0) is 21.8. The first-order valence-corrected chi connectivity index (χ1v) is 10.2. The molecule has 3 rings (SSSR count). The van der Waals surface area contributed by atoms with E-state index in [0.717, 1.165) is 0 Å². The fourth-order valence-electron chi connectivity index (χ4n) is 3.28. The fourth-order valence-corrected chi connectivity index (χ4v) is 4.29. The van der Waals surface area contributed by atoms with Crippen molar-refractivity contribution < 1.29 is 28.6 Å². The average molecular weight is 430 g/mol. The summed E-state index contributed by atoms with van der Waals surface area (Å²) in [5.74, 6) is -0.0255. The van der Waals surface area contributed by atoms with E-state index in [1.165, 1.54) is 36.8 Å². The van der Waals surface area contributed by atoms with Crippen LogP contribution in [0.25, 0.3) is 0 Å². The Morgan fingerprint density at radius 2 is 2.13 bits per heavy atom. The molecule has 2 aliphatic heterocycles. The fraction of sp³-hybridized carbons (Fsp3) is 0.333. The number of rotatable bonds is 6. The van der Waals surface area contributed by atoms with Crippen molar-refractivity contribution in [1.29, 1.82) is 0 Å². The standard InChI is InChI=1S/C21H22N2O6S/c1-5-9-28-20(26)18-12(2)22-21-23(17(25)8-10-30-21)19(18)14-6-7-15(29-13(3)24)16(11-14)27-4/h5-7,11,19H,1,8-10H2,2-4H3. The van der Waals surface area contributed by atoms with Crippen LogP contribution in [0.3, 0.4) is 0 Å². The van der Waals surface area contributed by atoms with Crippen LogP contribution in [0, 0.1) is 0 Å². The van der Waals surface area contributed by atoms with Gasteiger partial charge in [0.05, 0.1) is 24.4 Å². The topological polar surface area (TPSA) is 94.5 Å². The second kappa shape index (κ2) is 9.17. The zero-order valence-corrected chi connectivity index (χ0v) is 17.8. The van der Waals surface area contributed by atoms with E-state index in [9.17, 15) is 14.4 Å². The molecule has 0 bridgehead atoms. The highest BCUT2D eigenvalue weighted by atomic mass is 32.2. The maximum atomic E-state index is 12.9. The summed E-state index contributed by atoms with van der Waals surface area (Å²) in [5, 5.41) is 0.539. The molecule has 8 nitrogen and oxygen atoms in total. The van der Waals surface area contributed by atoms with E-state index in [2.05, 4.69) is 11.6 Å². The molecule has 158 valence electrons. The van der Waals surface area contributed by atoms with Crippen LogP contribution in [0.2, 0.25) is 0 Å². The van der Waals surface area contributed by atoms with Gasteiger partial charge in [-0.05, 0) is 24.6 Å². The first-order valence-electron chi connectivity index (χ1n) is 9.26. The Morgan fingerprint density at radius 3 is 2.80 bits per heavy atom. The van der Waals surface area contributed by atoms with Crippen LogP contribution in [0.1, 0.15) is 31.9 Å². The number of amidine groups is 1. The Kier molecular flexibility index (Phi) is 6.61. The minimum absolute atomic E-state index is 0.0380. The molecule has 0 N–H and O–H groups in total. The summed E-state index contributed by atoms with van der Waals surface area (Å²) < 4.78 is 15.8. The molecule has 2 heterocycles. The molecule has 1 aromatic carbocycles. The molecule has 1 amide bonds. The third kappa shape index (κ3) is 4.25. The van der Waals surface area contributed by atoms with Gasteiger partial charge >= 0.3 is 11.9 Å². The monoisotopic (exact) mass is 430 g/mol. The van der Waals surface area contributed by atoms with Crippen molar-refractivity contribution in [2.45, 2.75) is 26.3 Å². The number of fused-ring (bicyclic) bond motifs is 1. The van der Waals surface area contributed by atoms with Crippen molar-refractivity contribution in [2.24, 2.45) is 4.99 Å². The van der Waals surface area contributed by atoms with Gasteiger partial charge in [-0.2, -0.15) is 0 Å². The molecule has 9 heteroatoms. The van der Waals surface area contributed by atoms with Gasteiger partial charge in [0.25, 0.3) is 0 Å². The summed E-state index contributed by atoms with van der Waals surface area (Å²) >= 11 is 1.46. The van der Waals surface area contributed by atoms with E-state index >= 15 is 0 Å². The highest BCUT2D eigenvalue weighted by Crippen LogP contribution is 2.42. The quantitative estimate of drug-likeness (QED) is 0.389. The Balaban J connectivity index is 2.13. The predicted octanol–water partition coefficient (Wildman–Crippen LogP) is 3.00. The molecule has 1 atom stereocenters. The van der Waals surface area contributed by atoms with Crippen LogP contribution in [-0.4, -0.2) is 47.4 Å². The van der Waals surface area contributed by atoms with Gasteiger partial charge in [-0.25, -0.2) is 9.79 Å². The number of carbonyl (C=O) groups excluding carboxylic acids is 3. The van der Waals surface area contributed by atoms with Gasteiger partial charge < -0.3 is 14.2 Å². The van der Waals surface area contributed by atoms with Crippen LogP contribution in [0.4, 0.5) is 0 Å². The van der Waals surface area contributed by atoms with Crippen LogP contribution in [0.5, 0.6) is 11.5 Å². The maximum Gasteiger partial charge on any atom is 0.338 e. The SMILES string of the molecule is C=CCOC(=O)C1=C(C)N=C2SCCC(=O)N2C1c1ccc(OC(C)=O)c(OC)c1. The van der Waals surface area contributed by atoms with Gasteiger partial charge in [0.1, 0.15) is 6.61 Å². The molecular weight excluding hydrogens is 408 g/mol. The third-order valence-corrected chi connectivity index (χ3v) is 5.47. The first-order chi connectivity index (χ1) is 14.4. The van der Waals surface area contributed by atoms with Gasteiger partial charge in [0, 0.05) is 19.1 Å². The van der Waals surface area contributed by atoms with Crippen molar-refractivity contribution in [2.75, 3.05) is 19.5 Å². The third-order valence-electron chi connectivity index (χ3n) is 4.52. The Bertz CT molecular complexity index is 968. The molecule has 1 unspecified atom stereocenters. The number of aliphatic imine (C=N–C) groups is 1. The number of hydrogen-bond acceptors (Lipinski definition) is 8. The van der Waals surface area contributed by atoms with Crippen molar-refractivity contribution in [3.63, 3.8) is 0 Å². The molecule has 2 aliphatic rings. The van der Waals surface area contributed by atoms with Crippen LogP contribution < -0.4 is 9.47 Å². The number of methoxy groups -OCH3 is 1. The van der Waals surface area contributed by atoms with Gasteiger partial charge in [-0.15, -0.1) is 0 Å². The lowest BCUT2D eigenvalue weighted by Gasteiger charge is -2.39. The zero-order valence-electron chi connectivity index (χ0n) is 17.0. The van der Waals surface area contributed by atoms with Crippen molar-refractivity contribution >= 4 is 34.8 Å². The lowest BCUT2D eigenvalue weighted by atomic mass is 9.94. The van der Waals surface area contributed by atoms with Gasteiger partial charge in [-0.1, -0.05) is 30.5 Å². The van der Waals surface area contributed by atoms with Crippen LogP contribution in [-0.2, 0) is 19.1 Å². The summed E-state index contributed by atoms with van der Waals surface area (Å²) in [7, 11) is 1.45. The van der Waals surface area contributed by atoms with Gasteiger partial charge in [0.15, 0.2) is 16.7 Å². The highest BCUT2D eigenvalue weighted by Gasteiger charge is 2.42. The number of hydrogen-bond donors (Lipinski definition) is 0. The number of allylic oxidation sites excluding steroid dienone is 1. The number of amides is 1. The number of ether oxygens (including phenoxy) is 3. The normalized spacial score (nSPS) is 18.4. The summed E-state index contributed by atoms with van der Waals surface area (Å²) in [5.41, 5.74) is 1.35. The first kappa shape index (κ1) is 21.6. The van der Waals surface area contributed by atoms with E-state index < -0.39 is 18.0 Å². The molecule has 0 aromatic heterocycles. The molecule has 30 heavy (non-hydrogen) atoms. The van der Waals surface area contributed by atoms with Crippen molar-refractivity contribution in [3.8, 4) is 11.5 Å². The molecule has 0 spiro atoms. The summed E-state index contributed by atoms with van der Waals surface area (Å²) in [6.07, 6.45) is 1.80. The van der Waals surface area contributed by atoms with Crippen LogP contribution in [0.15, 0.2) is 47.1 Å². The number of esters is 2. The molecule has 1 saturated heterocycles. The summed E-state index contributed by atoms with van der Waals surface area (Å²) in [4.78, 5) is 43.0. The summed E-state index contributed by atoms with van der Waals surface area (Å²) in [6, 6.07) is 4.17. The molecule has 0 saturated carbocycles. The molecule has 1 fully saturated rings. The van der Waals surface area contributed by atoms with E-state index in [1.807, 2.05) is 0 Å². The predicted molar refractivity (Wildman–Crippen MR) is 112 cm³/mol. The van der Waals surface area contributed by atoms with Crippen molar-refractivity contribution in [3.05, 3.63) is 47.7 Å². The maximum absolute atomic E-state index is 12.9. The number of carbonyl (C=O) groups is 3. The largest absolute Gasteiger partial charge is 0.493 e.